The minimum Gasteiger partial charge on any atom is -0.508 e. The lowest BCUT2D eigenvalue weighted by Crippen LogP contribution is -1.84. The molecule has 1 aromatic rings. The standard InChI is InChI=1S/C9H12O2/c1-2-4-7-8(10)5-3-6-9(7)11/h3,5-6,10-11H,2,4H2,1H3. The largest absolute Gasteiger partial charge is 0.508 e. The molecule has 0 unspecified atom stereocenters. The van der Waals surface area contributed by atoms with Crippen LogP contribution in [0.5, 0.6) is 11.5 Å². The van der Waals surface area contributed by atoms with Gasteiger partial charge in [-0.15, -0.1) is 0 Å². The Balaban J connectivity index is 3.00. The first-order valence-electron chi connectivity index (χ1n) is 3.75. The van der Waals surface area contributed by atoms with E-state index in [4.69, 9.17) is 0 Å². The summed E-state index contributed by atoms with van der Waals surface area (Å²) in [5.74, 6) is 0.374. The van der Waals surface area contributed by atoms with Crippen molar-refractivity contribution in [1.29, 1.82) is 0 Å². The van der Waals surface area contributed by atoms with E-state index in [1.807, 2.05) is 6.92 Å². The molecule has 0 heterocycles. The van der Waals surface area contributed by atoms with Crippen LogP contribution in [0, 0.1) is 0 Å². The van der Waals surface area contributed by atoms with Crippen LogP contribution in [-0.4, -0.2) is 10.2 Å². The summed E-state index contributed by atoms with van der Waals surface area (Å²) in [6, 6.07) is 4.80. The van der Waals surface area contributed by atoms with Crippen LogP contribution in [0.3, 0.4) is 0 Å². The van der Waals surface area contributed by atoms with Crippen LogP contribution < -0.4 is 0 Å². The summed E-state index contributed by atoms with van der Waals surface area (Å²) < 4.78 is 0. The lowest BCUT2D eigenvalue weighted by atomic mass is 10.1. The lowest BCUT2D eigenvalue weighted by Gasteiger charge is -2.03. The zero-order valence-corrected chi connectivity index (χ0v) is 6.54. The van der Waals surface area contributed by atoms with E-state index < -0.39 is 0 Å². The molecule has 1 aromatic carbocycles. The Kier molecular flexibility index (Phi) is 2.36. The molecule has 0 aromatic heterocycles. The molecular weight excluding hydrogens is 140 g/mol. The lowest BCUT2D eigenvalue weighted by molar-refractivity contribution is 0.437. The zero-order valence-electron chi connectivity index (χ0n) is 6.54. The SMILES string of the molecule is CCCc1c(O)cccc1O. The van der Waals surface area contributed by atoms with Crippen LogP contribution in [0.2, 0.25) is 0 Å². The molecule has 0 aliphatic heterocycles. The van der Waals surface area contributed by atoms with E-state index in [0.717, 1.165) is 12.8 Å². The Morgan fingerprint density at radius 1 is 1.18 bits per heavy atom. The summed E-state index contributed by atoms with van der Waals surface area (Å²) in [6.45, 7) is 2.01. The van der Waals surface area contributed by atoms with Crippen LogP contribution >= 0.6 is 0 Å². The first kappa shape index (κ1) is 7.92. The Morgan fingerprint density at radius 3 is 2.18 bits per heavy atom. The second-order valence-corrected chi connectivity index (χ2v) is 2.52. The van der Waals surface area contributed by atoms with Crippen LogP contribution in [0.4, 0.5) is 0 Å². The zero-order chi connectivity index (χ0) is 8.27. The fraction of sp³-hybridized carbons (Fsp3) is 0.333. The van der Waals surface area contributed by atoms with Crippen molar-refractivity contribution in [1.82, 2.24) is 0 Å². The highest BCUT2D eigenvalue weighted by Crippen LogP contribution is 2.26. The van der Waals surface area contributed by atoms with E-state index in [9.17, 15) is 10.2 Å². The van der Waals surface area contributed by atoms with Gasteiger partial charge in [0.05, 0.1) is 0 Å². The molecule has 0 amide bonds. The monoisotopic (exact) mass is 152 g/mol. The van der Waals surface area contributed by atoms with Crippen molar-refractivity contribution in [2.45, 2.75) is 19.8 Å². The molecule has 0 aliphatic carbocycles. The second kappa shape index (κ2) is 3.28. The van der Waals surface area contributed by atoms with Gasteiger partial charge in [-0.05, 0) is 18.6 Å². The predicted octanol–water partition coefficient (Wildman–Crippen LogP) is 2.05. The Labute approximate surface area is 66.1 Å². The molecule has 0 spiro atoms. The molecule has 60 valence electrons. The first-order chi connectivity index (χ1) is 5.25. The molecule has 0 bridgehead atoms. The molecule has 2 N–H and O–H groups in total. The molecule has 0 radical (unpaired) electrons. The van der Waals surface area contributed by atoms with Gasteiger partial charge in [0.2, 0.25) is 0 Å². The molecule has 0 aliphatic rings. The fourth-order valence-electron chi connectivity index (χ4n) is 1.07. The maximum atomic E-state index is 9.26. The highest BCUT2D eigenvalue weighted by atomic mass is 16.3. The summed E-state index contributed by atoms with van der Waals surface area (Å²) in [5, 5.41) is 18.5. The van der Waals surface area contributed by atoms with Crippen LogP contribution in [-0.2, 0) is 6.42 Å². The minimum atomic E-state index is 0.187. The fourth-order valence-corrected chi connectivity index (χ4v) is 1.07. The number of aromatic hydroxyl groups is 2. The maximum Gasteiger partial charge on any atom is 0.122 e. The van der Waals surface area contributed by atoms with E-state index in [-0.39, 0.29) is 11.5 Å². The molecule has 1 rings (SSSR count). The van der Waals surface area contributed by atoms with Crippen LogP contribution in [0.15, 0.2) is 18.2 Å². The van der Waals surface area contributed by atoms with Gasteiger partial charge in [-0.2, -0.15) is 0 Å². The van der Waals surface area contributed by atoms with Gasteiger partial charge >= 0.3 is 0 Å². The van der Waals surface area contributed by atoms with E-state index in [0.29, 0.717) is 5.56 Å². The highest BCUT2D eigenvalue weighted by molar-refractivity contribution is 5.42. The summed E-state index contributed by atoms with van der Waals surface area (Å²) in [4.78, 5) is 0. The maximum absolute atomic E-state index is 9.26. The van der Waals surface area contributed by atoms with Crippen molar-refractivity contribution in [3.8, 4) is 11.5 Å². The third-order valence-electron chi connectivity index (χ3n) is 1.63. The normalized spacial score (nSPS) is 9.91. The molecule has 2 nitrogen and oxygen atoms in total. The predicted molar refractivity (Wildman–Crippen MR) is 43.8 cm³/mol. The molecule has 0 saturated carbocycles. The van der Waals surface area contributed by atoms with Crippen LogP contribution in [0.25, 0.3) is 0 Å². The molecule has 0 fully saturated rings. The number of hydrogen-bond donors (Lipinski definition) is 2. The summed E-state index contributed by atoms with van der Waals surface area (Å²) in [5.41, 5.74) is 0.648. The van der Waals surface area contributed by atoms with Crippen LogP contribution in [0.1, 0.15) is 18.9 Å². The van der Waals surface area contributed by atoms with Gasteiger partial charge in [-0.3, -0.25) is 0 Å². The number of hydrogen-bond acceptors (Lipinski definition) is 2. The van der Waals surface area contributed by atoms with Gasteiger partial charge in [0.25, 0.3) is 0 Å². The third kappa shape index (κ3) is 1.64. The third-order valence-corrected chi connectivity index (χ3v) is 1.63. The summed E-state index contributed by atoms with van der Waals surface area (Å²) >= 11 is 0. The minimum absolute atomic E-state index is 0.187. The Bertz CT molecular complexity index is 223. The number of phenols is 2. The van der Waals surface area contributed by atoms with Gasteiger partial charge in [-0.25, -0.2) is 0 Å². The van der Waals surface area contributed by atoms with Gasteiger partial charge in [0, 0.05) is 5.56 Å². The number of rotatable bonds is 2. The molecule has 0 atom stereocenters. The van der Waals surface area contributed by atoms with Crippen molar-refractivity contribution in [2.24, 2.45) is 0 Å². The van der Waals surface area contributed by atoms with E-state index >= 15 is 0 Å². The van der Waals surface area contributed by atoms with Gasteiger partial charge in [0.1, 0.15) is 11.5 Å². The van der Waals surface area contributed by atoms with Crippen molar-refractivity contribution < 1.29 is 10.2 Å². The smallest absolute Gasteiger partial charge is 0.122 e. The van der Waals surface area contributed by atoms with Gasteiger partial charge in [0.15, 0.2) is 0 Å². The molecular formula is C9H12O2. The number of phenolic OH excluding ortho intramolecular Hbond substituents is 2. The van der Waals surface area contributed by atoms with Crippen molar-refractivity contribution in [2.75, 3.05) is 0 Å². The van der Waals surface area contributed by atoms with E-state index in [1.54, 1.807) is 18.2 Å². The molecule has 0 saturated heterocycles. The highest BCUT2D eigenvalue weighted by Gasteiger charge is 2.03. The molecule has 11 heavy (non-hydrogen) atoms. The topological polar surface area (TPSA) is 40.5 Å². The molecule has 2 heteroatoms. The number of benzene rings is 1. The van der Waals surface area contributed by atoms with Crippen molar-refractivity contribution >= 4 is 0 Å². The quantitative estimate of drug-likeness (QED) is 0.680. The average molecular weight is 152 g/mol. The van der Waals surface area contributed by atoms with Gasteiger partial charge < -0.3 is 10.2 Å². The summed E-state index contributed by atoms with van der Waals surface area (Å²) in [7, 11) is 0. The van der Waals surface area contributed by atoms with Crippen molar-refractivity contribution in [3.05, 3.63) is 23.8 Å². The second-order valence-electron chi connectivity index (χ2n) is 2.52. The van der Waals surface area contributed by atoms with E-state index in [1.165, 1.54) is 0 Å². The summed E-state index contributed by atoms with van der Waals surface area (Å²) in [6.07, 6.45) is 1.64. The average Bonchev–Trinajstić information content (AvgIpc) is 1.97. The first-order valence-corrected chi connectivity index (χ1v) is 3.75. The van der Waals surface area contributed by atoms with E-state index in [2.05, 4.69) is 0 Å². The Morgan fingerprint density at radius 2 is 1.73 bits per heavy atom. The Hall–Kier alpha value is -1.18. The van der Waals surface area contributed by atoms with Crippen molar-refractivity contribution in [3.63, 3.8) is 0 Å². The van der Waals surface area contributed by atoms with Gasteiger partial charge in [-0.1, -0.05) is 19.4 Å².